The molecule has 1 aromatic heterocycles. The first-order chi connectivity index (χ1) is 12.5. The molecule has 7 nitrogen and oxygen atoms in total. The topological polar surface area (TPSA) is 84.3 Å². The first-order valence-corrected chi connectivity index (χ1v) is 9.41. The SMILES string of the molecule is CN1Cc2c(C(=O)Nc3ccccc3)ncn2-c2ccccc2S1(=O)=O. The normalized spacial score (nSPS) is 15.6. The molecule has 0 unspecified atom stereocenters. The molecule has 1 aliphatic heterocycles. The van der Waals surface area contributed by atoms with Gasteiger partial charge in [0.25, 0.3) is 5.91 Å². The van der Waals surface area contributed by atoms with Crippen molar-refractivity contribution in [2.45, 2.75) is 11.4 Å². The van der Waals surface area contributed by atoms with Crippen LogP contribution in [0.15, 0.2) is 65.8 Å². The van der Waals surface area contributed by atoms with Gasteiger partial charge in [0.15, 0.2) is 5.69 Å². The summed E-state index contributed by atoms with van der Waals surface area (Å²) in [5.74, 6) is -0.380. The van der Waals surface area contributed by atoms with Gasteiger partial charge in [0, 0.05) is 12.7 Å². The van der Waals surface area contributed by atoms with Crippen LogP contribution in [0.3, 0.4) is 0 Å². The zero-order valence-electron chi connectivity index (χ0n) is 14.0. The molecule has 1 N–H and O–H groups in total. The van der Waals surface area contributed by atoms with E-state index in [1.165, 1.54) is 17.7 Å². The van der Waals surface area contributed by atoms with Crippen LogP contribution >= 0.6 is 0 Å². The van der Waals surface area contributed by atoms with E-state index in [0.717, 1.165) is 0 Å². The lowest BCUT2D eigenvalue weighted by atomic mass is 10.2. The van der Waals surface area contributed by atoms with Gasteiger partial charge in [-0.15, -0.1) is 0 Å². The lowest BCUT2D eigenvalue weighted by Crippen LogP contribution is -2.26. The number of sulfonamides is 1. The van der Waals surface area contributed by atoms with E-state index >= 15 is 0 Å². The van der Waals surface area contributed by atoms with Gasteiger partial charge in [-0.1, -0.05) is 30.3 Å². The fourth-order valence-electron chi connectivity index (χ4n) is 2.97. The number of fused-ring (bicyclic) bond motifs is 3. The van der Waals surface area contributed by atoms with E-state index in [2.05, 4.69) is 10.3 Å². The maximum Gasteiger partial charge on any atom is 0.276 e. The van der Waals surface area contributed by atoms with Crippen molar-refractivity contribution in [3.8, 4) is 5.69 Å². The molecule has 0 saturated carbocycles. The monoisotopic (exact) mass is 368 g/mol. The third-order valence-electron chi connectivity index (χ3n) is 4.30. The fourth-order valence-corrected chi connectivity index (χ4v) is 4.28. The Morgan fingerprint density at radius 3 is 2.54 bits per heavy atom. The Hall–Kier alpha value is -2.97. The molecule has 26 heavy (non-hydrogen) atoms. The number of rotatable bonds is 2. The molecule has 2 heterocycles. The van der Waals surface area contributed by atoms with Gasteiger partial charge in [-0.25, -0.2) is 13.4 Å². The van der Waals surface area contributed by atoms with Crippen molar-refractivity contribution in [2.75, 3.05) is 12.4 Å². The minimum absolute atomic E-state index is 0.0502. The van der Waals surface area contributed by atoms with Crippen LogP contribution in [0.25, 0.3) is 5.69 Å². The molecule has 3 aromatic rings. The molecule has 0 saturated heterocycles. The van der Waals surface area contributed by atoms with E-state index in [1.807, 2.05) is 18.2 Å². The summed E-state index contributed by atoms with van der Waals surface area (Å²) < 4.78 is 28.4. The summed E-state index contributed by atoms with van der Waals surface area (Å²) in [4.78, 5) is 17.1. The van der Waals surface area contributed by atoms with Crippen molar-refractivity contribution in [1.82, 2.24) is 13.9 Å². The summed E-state index contributed by atoms with van der Waals surface area (Å²) in [5, 5.41) is 2.79. The Morgan fingerprint density at radius 1 is 1.08 bits per heavy atom. The minimum Gasteiger partial charge on any atom is -0.321 e. The highest BCUT2D eigenvalue weighted by atomic mass is 32.2. The Labute approximate surface area is 151 Å². The average molecular weight is 368 g/mol. The second-order valence-corrected chi connectivity index (χ2v) is 7.97. The van der Waals surface area contributed by atoms with Crippen LogP contribution in [0.4, 0.5) is 5.69 Å². The summed E-state index contributed by atoms with van der Waals surface area (Å²) in [6, 6.07) is 15.7. The Kier molecular flexibility index (Phi) is 3.86. The summed E-state index contributed by atoms with van der Waals surface area (Å²) in [6.07, 6.45) is 1.49. The van der Waals surface area contributed by atoms with Crippen LogP contribution in [0.2, 0.25) is 0 Å². The molecule has 132 valence electrons. The Balaban J connectivity index is 1.81. The molecule has 0 spiro atoms. The van der Waals surface area contributed by atoms with Crippen LogP contribution in [-0.2, 0) is 16.6 Å². The standard InChI is InChI=1S/C18H16N4O3S/c1-21-11-15-17(18(23)20-13-7-3-2-4-8-13)19-12-22(15)14-9-5-6-10-16(14)26(21,24)25/h2-10,12H,11H2,1H3,(H,20,23). The van der Waals surface area contributed by atoms with E-state index < -0.39 is 10.0 Å². The molecule has 1 amide bonds. The number of anilines is 1. The van der Waals surface area contributed by atoms with Crippen molar-refractivity contribution >= 4 is 21.6 Å². The zero-order chi connectivity index (χ0) is 18.3. The van der Waals surface area contributed by atoms with Gasteiger partial charge < -0.3 is 5.32 Å². The second kappa shape index (κ2) is 6.08. The number of carbonyl (C=O) groups is 1. The number of carbonyl (C=O) groups excluding carboxylic acids is 1. The highest BCUT2D eigenvalue weighted by Gasteiger charge is 2.32. The molecule has 2 aromatic carbocycles. The molecule has 4 rings (SSSR count). The summed E-state index contributed by atoms with van der Waals surface area (Å²) >= 11 is 0. The van der Waals surface area contributed by atoms with Crippen molar-refractivity contribution in [2.24, 2.45) is 0 Å². The second-order valence-electron chi connectivity index (χ2n) is 5.96. The molecule has 0 atom stereocenters. The van der Waals surface area contributed by atoms with Crippen LogP contribution < -0.4 is 5.32 Å². The maximum absolute atomic E-state index is 12.8. The van der Waals surface area contributed by atoms with Crippen LogP contribution in [0.5, 0.6) is 0 Å². The third-order valence-corrected chi connectivity index (χ3v) is 6.15. The summed E-state index contributed by atoms with van der Waals surface area (Å²) in [6.45, 7) is 0.0502. The molecule has 8 heteroatoms. The number of nitrogens with zero attached hydrogens (tertiary/aromatic N) is 3. The predicted molar refractivity (Wildman–Crippen MR) is 96.6 cm³/mol. The number of hydrogen-bond acceptors (Lipinski definition) is 4. The largest absolute Gasteiger partial charge is 0.321 e. The Morgan fingerprint density at radius 2 is 1.77 bits per heavy atom. The molecule has 0 radical (unpaired) electrons. The molecule has 0 aliphatic carbocycles. The zero-order valence-corrected chi connectivity index (χ0v) is 14.8. The van der Waals surface area contributed by atoms with Gasteiger partial charge in [-0.3, -0.25) is 9.36 Å². The quantitative estimate of drug-likeness (QED) is 0.752. The number of aromatic nitrogens is 2. The van der Waals surface area contributed by atoms with Crippen molar-refractivity contribution in [3.63, 3.8) is 0 Å². The number of imidazole rings is 1. The lowest BCUT2D eigenvalue weighted by molar-refractivity contribution is 0.102. The Bertz CT molecular complexity index is 1090. The molecule has 0 fully saturated rings. The fraction of sp³-hybridized carbons (Fsp3) is 0.111. The van der Waals surface area contributed by atoms with Crippen molar-refractivity contribution in [1.29, 1.82) is 0 Å². The molecular weight excluding hydrogens is 352 g/mol. The first kappa shape index (κ1) is 16.5. The molecule has 1 aliphatic rings. The maximum atomic E-state index is 12.8. The van der Waals surface area contributed by atoms with Gasteiger partial charge in [0.1, 0.15) is 11.2 Å². The van der Waals surface area contributed by atoms with E-state index in [4.69, 9.17) is 0 Å². The summed E-state index contributed by atoms with van der Waals surface area (Å²) in [7, 11) is -2.15. The van der Waals surface area contributed by atoms with E-state index in [1.54, 1.807) is 41.0 Å². The third kappa shape index (κ3) is 2.59. The lowest BCUT2D eigenvalue weighted by Gasteiger charge is -2.14. The van der Waals surface area contributed by atoms with Crippen LogP contribution in [0.1, 0.15) is 16.2 Å². The highest BCUT2D eigenvalue weighted by Crippen LogP contribution is 2.30. The minimum atomic E-state index is -3.64. The number of nitrogens with one attached hydrogen (secondary N) is 1. The molecular formula is C18H16N4O3S. The smallest absolute Gasteiger partial charge is 0.276 e. The van der Waals surface area contributed by atoms with Crippen molar-refractivity contribution < 1.29 is 13.2 Å². The number of benzene rings is 2. The number of para-hydroxylation sites is 2. The predicted octanol–water partition coefficient (Wildman–Crippen LogP) is 2.26. The summed E-state index contributed by atoms with van der Waals surface area (Å²) in [5.41, 5.74) is 1.86. The van der Waals surface area contributed by atoms with Gasteiger partial charge in [-0.2, -0.15) is 4.31 Å². The van der Waals surface area contributed by atoms with Gasteiger partial charge >= 0.3 is 0 Å². The van der Waals surface area contributed by atoms with Gasteiger partial charge in [0.05, 0.1) is 17.9 Å². The van der Waals surface area contributed by atoms with Gasteiger partial charge in [-0.05, 0) is 24.3 Å². The number of hydrogen-bond donors (Lipinski definition) is 1. The number of amides is 1. The highest BCUT2D eigenvalue weighted by molar-refractivity contribution is 7.89. The van der Waals surface area contributed by atoms with E-state index in [0.29, 0.717) is 17.1 Å². The van der Waals surface area contributed by atoms with Gasteiger partial charge in [0.2, 0.25) is 10.0 Å². The molecule has 0 bridgehead atoms. The van der Waals surface area contributed by atoms with E-state index in [-0.39, 0.29) is 23.0 Å². The van der Waals surface area contributed by atoms with Crippen molar-refractivity contribution in [3.05, 3.63) is 72.3 Å². The average Bonchev–Trinajstić information content (AvgIpc) is 3.03. The first-order valence-electron chi connectivity index (χ1n) is 7.97. The van der Waals surface area contributed by atoms with Crippen LogP contribution in [0, 0.1) is 0 Å². The van der Waals surface area contributed by atoms with E-state index in [9.17, 15) is 13.2 Å². The van der Waals surface area contributed by atoms with Crippen LogP contribution in [-0.4, -0.2) is 35.2 Å².